The third kappa shape index (κ3) is 7.74. The van der Waals surface area contributed by atoms with Crippen LogP contribution in [-0.2, 0) is 17.9 Å². The molecule has 1 aliphatic rings. The van der Waals surface area contributed by atoms with Crippen molar-refractivity contribution < 1.29 is 4.74 Å². The van der Waals surface area contributed by atoms with E-state index < -0.39 is 0 Å². The molecule has 0 spiro atoms. The van der Waals surface area contributed by atoms with Gasteiger partial charge in [-0.25, -0.2) is 4.99 Å². The monoisotopic (exact) mass is 477 g/mol. The molecule has 2 N–H and O–H groups in total. The summed E-state index contributed by atoms with van der Waals surface area (Å²) in [5, 5.41) is 7.77. The molecule has 0 heterocycles. The number of ether oxygens (including phenoxy) is 1. The van der Waals surface area contributed by atoms with E-state index in [2.05, 4.69) is 48.1 Å². The van der Waals surface area contributed by atoms with Crippen molar-refractivity contribution in [3.05, 3.63) is 35.4 Å². The van der Waals surface area contributed by atoms with E-state index in [4.69, 9.17) is 9.73 Å². The number of thioether (sulfide) groups is 1. The average Bonchev–Trinajstić information content (AvgIpc) is 3.06. The van der Waals surface area contributed by atoms with E-state index in [1.165, 1.54) is 30.4 Å². The minimum Gasteiger partial charge on any atom is -0.377 e. The van der Waals surface area contributed by atoms with Crippen molar-refractivity contribution in [3.8, 4) is 0 Å². The lowest BCUT2D eigenvalue weighted by Crippen LogP contribution is -2.42. The standard InChI is InChI=1S/C19H31N3OS.HI/c1-4-20-19(22-17-10-11-18(12-17)24-3)21-13-15-8-6-7-9-16(15)14-23-5-2;/h6-9,17-18H,4-5,10-14H2,1-3H3,(H2,20,21,22);1H. The molecule has 6 heteroatoms. The minimum absolute atomic E-state index is 0. The number of aliphatic imine (C=N–C) groups is 1. The predicted octanol–water partition coefficient (Wildman–Crippen LogP) is 4.18. The Morgan fingerprint density at radius 1 is 1.24 bits per heavy atom. The van der Waals surface area contributed by atoms with Gasteiger partial charge in [-0.2, -0.15) is 11.8 Å². The van der Waals surface area contributed by atoms with Crippen LogP contribution < -0.4 is 10.6 Å². The summed E-state index contributed by atoms with van der Waals surface area (Å²) in [7, 11) is 0. The van der Waals surface area contributed by atoms with Crippen molar-refractivity contribution in [2.24, 2.45) is 4.99 Å². The van der Waals surface area contributed by atoms with Gasteiger partial charge in [0.1, 0.15) is 0 Å². The molecule has 0 saturated heterocycles. The van der Waals surface area contributed by atoms with Gasteiger partial charge in [0.2, 0.25) is 0 Å². The summed E-state index contributed by atoms with van der Waals surface area (Å²) < 4.78 is 5.56. The van der Waals surface area contributed by atoms with Gasteiger partial charge in [-0.05, 0) is 50.5 Å². The molecule has 2 atom stereocenters. The normalized spacial score (nSPS) is 20.2. The predicted molar refractivity (Wildman–Crippen MR) is 120 cm³/mol. The number of halogens is 1. The van der Waals surface area contributed by atoms with Crippen LogP contribution in [0.4, 0.5) is 0 Å². The van der Waals surface area contributed by atoms with Gasteiger partial charge in [0.05, 0.1) is 13.2 Å². The molecule has 0 bridgehead atoms. The Labute approximate surface area is 174 Å². The molecule has 0 aromatic heterocycles. The average molecular weight is 477 g/mol. The highest BCUT2D eigenvalue weighted by molar-refractivity contribution is 14.0. The summed E-state index contributed by atoms with van der Waals surface area (Å²) in [4.78, 5) is 4.80. The Kier molecular flexibility index (Phi) is 11.6. The SMILES string of the molecule is CCNC(=NCc1ccccc1COCC)NC1CCC(SC)C1.I. The Bertz CT molecular complexity index is 527. The lowest BCUT2D eigenvalue weighted by atomic mass is 10.1. The van der Waals surface area contributed by atoms with Crippen LogP contribution in [0.15, 0.2) is 29.3 Å². The first-order valence-corrected chi connectivity index (χ1v) is 10.3. The van der Waals surface area contributed by atoms with Crippen LogP contribution >= 0.6 is 35.7 Å². The molecule has 25 heavy (non-hydrogen) atoms. The first-order chi connectivity index (χ1) is 11.8. The Balaban J connectivity index is 0.00000312. The molecule has 1 aromatic rings. The lowest BCUT2D eigenvalue weighted by molar-refractivity contribution is 0.133. The van der Waals surface area contributed by atoms with E-state index >= 15 is 0 Å². The van der Waals surface area contributed by atoms with E-state index in [1.54, 1.807) is 0 Å². The van der Waals surface area contributed by atoms with E-state index in [0.717, 1.165) is 24.4 Å². The summed E-state index contributed by atoms with van der Waals surface area (Å²) in [5.41, 5.74) is 2.46. The zero-order valence-corrected chi connectivity index (χ0v) is 18.7. The van der Waals surface area contributed by atoms with Gasteiger partial charge in [0.15, 0.2) is 5.96 Å². The molecule has 0 amide bonds. The quantitative estimate of drug-likeness (QED) is 0.335. The Hall–Kier alpha value is -0.470. The molecule has 2 rings (SSSR count). The highest BCUT2D eigenvalue weighted by Gasteiger charge is 2.24. The number of benzene rings is 1. The van der Waals surface area contributed by atoms with Gasteiger partial charge in [0.25, 0.3) is 0 Å². The molecular weight excluding hydrogens is 445 g/mol. The molecule has 1 saturated carbocycles. The van der Waals surface area contributed by atoms with Crippen LogP contribution in [0.25, 0.3) is 0 Å². The molecule has 0 aliphatic heterocycles. The Morgan fingerprint density at radius 2 is 2.00 bits per heavy atom. The molecule has 4 nitrogen and oxygen atoms in total. The zero-order valence-electron chi connectivity index (χ0n) is 15.6. The van der Waals surface area contributed by atoms with Crippen molar-refractivity contribution in [3.63, 3.8) is 0 Å². The van der Waals surface area contributed by atoms with Gasteiger partial charge in [-0.15, -0.1) is 24.0 Å². The van der Waals surface area contributed by atoms with Crippen molar-refractivity contribution in [1.82, 2.24) is 10.6 Å². The van der Waals surface area contributed by atoms with Crippen molar-refractivity contribution in [2.75, 3.05) is 19.4 Å². The van der Waals surface area contributed by atoms with Crippen molar-refractivity contribution in [2.45, 2.75) is 57.6 Å². The summed E-state index contributed by atoms with van der Waals surface area (Å²) in [6.45, 7) is 7.09. The number of guanidine groups is 1. The second-order valence-corrected chi connectivity index (χ2v) is 7.25. The van der Waals surface area contributed by atoms with Gasteiger partial charge >= 0.3 is 0 Å². The number of hydrogen-bond acceptors (Lipinski definition) is 3. The summed E-state index contributed by atoms with van der Waals surface area (Å²) in [6, 6.07) is 8.94. The van der Waals surface area contributed by atoms with Crippen LogP contribution in [0.2, 0.25) is 0 Å². The van der Waals surface area contributed by atoms with Gasteiger partial charge in [-0.1, -0.05) is 24.3 Å². The lowest BCUT2D eigenvalue weighted by Gasteiger charge is -2.17. The highest BCUT2D eigenvalue weighted by Crippen LogP contribution is 2.28. The third-order valence-electron chi connectivity index (χ3n) is 4.39. The first kappa shape index (κ1) is 22.6. The van der Waals surface area contributed by atoms with Crippen molar-refractivity contribution in [1.29, 1.82) is 0 Å². The minimum atomic E-state index is 0. The second kappa shape index (κ2) is 12.8. The summed E-state index contributed by atoms with van der Waals surface area (Å²) >= 11 is 1.98. The smallest absolute Gasteiger partial charge is 0.191 e. The highest BCUT2D eigenvalue weighted by atomic mass is 127. The fourth-order valence-corrected chi connectivity index (χ4v) is 3.82. The largest absolute Gasteiger partial charge is 0.377 e. The first-order valence-electron chi connectivity index (χ1n) is 8.99. The maximum Gasteiger partial charge on any atom is 0.191 e. The van der Waals surface area contributed by atoms with E-state index in [-0.39, 0.29) is 24.0 Å². The molecule has 1 fully saturated rings. The van der Waals surface area contributed by atoms with Gasteiger partial charge < -0.3 is 15.4 Å². The number of nitrogens with zero attached hydrogens (tertiary/aromatic N) is 1. The molecule has 1 aromatic carbocycles. The topological polar surface area (TPSA) is 45.7 Å². The second-order valence-electron chi connectivity index (χ2n) is 6.11. The number of hydrogen-bond donors (Lipinski definition) is 2. The van der Waals surface area contributed by atoms with Crippen LogP contribution in [0.3, 0.4) is 0 Å². The van der Waals surface area contributed by atoms with Crippen LogP contribution in [0, 0.1) is 0 Å². The molecule has 1 aliphatic carbocycles. The van der Waals surface area contributed by atoms with E-state index in [1.807, 2.05) is 18.7 Å². The van der Waals surface area contributed by atoms with Crippen LogP contribution in [0.1, 0.15) is 44.2 Å². The van der Waals surface area contributed by atoms with Crippen LogP contribution in [-0.4, -0.2) is 36.7 Å². The maximum absolute atomic E-state index is 5.56. The molecule has 142 valence electrons. The van der Waals surface area contributed by atoms with Crippen molar-refractivity contribution >= 4 is 41.7 Å². The summed E-state index contributed by atoms with van der Waals surface area (Å²) in [5.74, 6) is 0.926. The molecular formula is C19H32IN3OS. The fourth-order valence-electron chi connectivity index (χ4n) is 3.03. The number of nitrogens with one attached hydrogen (secondary N) is 2. The van der Waals surface area contributed by atoms with Gasteiger partial charge in [0, 0.05) is 24.4 Å². The fraction of sp³-hybridized carbons (Fsp3) is 0.632. The van der Waals surface area contributed by atoms with E-state index in [0.29, 0.717) is 19.2 Å². The van der Waals surface area contributed by atoms with Gasteiger partial charge in [-0.3, -0.25) is 0 Å². The molecule has 2 unspecified atom stereocenters. The number of rotatable bonds is 8. The zero-order chi connectivity index (χ0) is 17.2. The summed E-state index contributed by atoms with van der Waals surface area (Å²) in [6.07, 6.45) is 5.97. The van der Waals surface area contributed by atoms with E-state index in [9.17, 15) is 0 Å². The Morgan fingerprint density at radius 3 is 2.64 bits per heavy atom. The molecule has 0 radical (unpaired) electrons. The van der Waals surface area contributed by atoms with Crippen LogP contribution in [0.5, 0.6) is 0 Å². The third-order valence-corrected chi connectivity index (χ3v) is 5.49. The maximum atomic E-state index is 5.56.